The summed E-state index contributed by atoms with van der Waals surface area (Å²) in [7, 11) is 0. The first-order chi connectivity index (χ1) is 11.8. The first-order valence-corrected chi connectivity index (χ1v) is 9.50. The van der Waals surface area contributed by atoms with E-state index in [-0.39, 0.29) is 12.0 Å². The monoisotopic (exact) mass is 337 g/mol. The SMILES string of the molecule is O=C(C1CC1)N1CCC[C@H]1c1ncn2cc(-c3cccs3)ccc12. The normalized spacial score (nSPS) is 20.8. The van der Waals surface area contributed by atoms with Gasteiger partial charge in [-0.2, -0.15) is 0 Å². The van der Waals surface area contributed by atoms with Gasteiger partial charge in [0.2, 0.25) is 5.91 Å². The highest BCUT2D eigenvalue weighted by Gasteiger charge is 2.39. The number of imidazole rings is 1. The highest BCUT2D eigenvalue weighted by atomic mass is 32.1. The topological polar surface area (TPSA) is 37.6 Å². The smallest absolute Gasteiger partial charge is 0.226 e. The van der Waals surface area contributed by atoms with Crippen LogP contribution in [0.4, 0.5) is 0 Å². The first kappa shape index (κ1) is 14.2. The molecular weight excluding hydrogens is 318 g/mol. The molecule has 1 amide bonds. The molecule has 0 N–H and O–H groups in total. The fourth-order valence-corrected chi connectivity index (χ4v) is 4.46. The number of thiophene rings is 1. The number of pyridine rings is 1. The number of carbonyl (C=O) groups is 1. The van der Waals surface area contributed by atoms with Crippen molar-refractivity contribution in [3.05, 3.63) is 47.9 Å². The Bertz CT molecular complexity index is 895. The fraction of sp³-hybridized carbons (Fsp3) is 0.368. The van der Waals surface area contributed by atoms with E-state index in [0.29, 0.717) is 5.91 Å². The van der Waals surface area contributed by atoms with E-state index >= 15 is 0 Å². The molecule has 3 aromatic heterocycles. The van der Waals surface area contributed by atoms with Gasteiger partial charge in [-0.1, -0.05) is 6.07 Å². The molecule has 1 aliphatic carbocycles. The van der Waals surface area contributed by atoms with Gasteiger partial charge in [-0.05, 0) is 49.3 Å². The number of rotatable bonds is 3. The van der Waals surface area contributed by atoms with E-state index in [2.05, 4.69) is 50.1 Å². The average molecular weight is 337 g/mol. The van der Waals surface area contributed by atoms with E-state index in [1.807, 2.05) is 6.33 Å². The minimum Gasteiger partial charge on any atom is -0.334 e. The Balaban J connectivity index is 1.51. The van der Waals surface area contributed by atoms with Crippen LogP contribution in [0.15, 0.2) is 42.2 Å². The molecule has 3 aromatic rings. The second-order valence-corrected chi connectivity index (χ2v) is 7.73. The van der Waals surface area contributed by atoms with E-state index in [9.17, 15) is 4.79 Å². The summed E-state index contributed by atoms with van der Waals surface area (Å²) < 4.78 is 2.10. The molecule has 2 aliphatic rings. The van der Waals surface area contributed by atoms with Crippen molar-refractivity contribution in [1.29, 1.82) is 0 Å². The van der Waals surface area contributed by atoms with Crippen LogP contribution in [-0.2, 0) is 4.79 Å². The van der Waals surface area contributed by atoms with Crippen molar-refractivity contribution in [2.75, 3.05) is 6.54 Å². The summed E-state index contributed by atoms with van der Waals surface area (Å²) in [6, 6.07) is 8.67. The molecule has 1 atom stereocenters. The van der Waals surface area contributed by atoms with Crippen LogP contribution in [0.25, 0.3) is 16.0 Å². The molecule has 2 fully saturated rings. The van der Waals surface area contributed by atoms with Crippen LogP contribution in [-0.4, -0.2) is 26.7 Å². The maximum Gasteiger partial charge on any atom is 0.226 e. The number of nitrogens with zero attached hydrogens (tertiary/aromatic N) is 3. The average Bonchev–Trinajstić information content (AvgIpc) is 3.04. The Morgan fingerprint density at radius 3 is 2.92 bits per heavy atom. The molecular formula is C19H19N3OS. The van der Waals surface area contributed by atoms with Gasteiger partial charge in [0.15, 0.2) is 0 Å². The van der Waals surface area contributed by atoms with Crippen LogP contribution in [0.3, 0.4) is 0 Å². The van der Waals surface area contributed by atoms with Gasteiger partial charge in [0.05, 0.1) is 23.6 Å². The maximum atomic E-state index is 12.6. The molecule has 1 aliphatic heterocycles. The molecule has 0 aromatic carbocycles. The Labute approximate surface area is 144 Å². The molecule has 1 saturated heterocycles. The van der Waals surface area contributed by atoms with Gasteiger partial charge in [0.1, 0.15) is 0 Å². The van der Waals surface area contributed by atoms with E-state index < -0.39 is 0 Å². The minimum absolute atomic E-state index is 0.149. The Kier molecular flexibility index (Phi) is 3.23. The van der Waals surface area contributed by atoms with Crippen molar-refractivity contribution in [1.82, 2.24) is 14.3 Å². The largest absolute Gasteiger partial charge is 0.334 e. The van der Waals surface area contributed by atoms with Crippen molar-refractivity contribution < 1.29 is 4.79 Å². The van der Waals surface area contributed by atoms with Gasteiger partial charge < -0.3 is 9.30 Å². The maximum absolute atomic E-state index is 12.6. The van der Waals surface area contributed by atoms with E-state index in [1.165, 1.54) is 10.4 Å². The van der Waals surface area contributed by atoms with Gasteiger partial charge in [0, 0.05) is 29.1 Å². The Morgan fingerprint density at radius 2 is 2.12 bits per heavy atom. The van der Waals surface area contributed by atoms with Gasteiger partial charge in [0.25, 0.3) is 0 Å². The predicted octanol–water partition coefficient (Wildman–Crippen LogP) is 4.14. The van der Waals surface area contributed by atoms with E-state index in [1.54, 1.807) is 11.3 Å². The molecule has 0 spiro atoms. The summed E-state index contributed by atoms with van der Waals surface area (Å²) in [5.41, 5.74) is 3.38. The van der Waals surface area contributed by atoms with E-state index in [4.69, 9.17) is 0 Å². The molecule has 0 bridgehead atoms. The summed E-state index contributed by atoms with van der Waals surface area (Å²) in [6.45, 7) is 0.881. The number of aromatic nitrogens is 2. The van der Waals surface area contributed by atoms with Crippen LogP contribution in [0, 0.1) is 5.92 Å². The molecule has 122 valence electrons. The van der Waals surface area contributed by atoms with Crippen LogP contribution in [0.5, 0.6) is 0 Å². The number of carbonyl (C=O) groups excluding carboxylic acids is 1. The lowest BCUT2D eigenvalue weighted by atomic mass is 10.1. The molecule has 5 rings (SSSR count). The van der Waals surface area contributed by atoms with Crippen LogP contribution in [0.1, 0.15) is 37.4 Å². The number of likely N-dealkylation sites (tertiary alicyclic amines) is 1. The standard InChI is InChI=1S/C19H19N3OS/c23-19(13-5-6-13)22-9-1-3-16(22)18-15-8-7-14(11-21(15)12-20-18)17-4-2-10-24-17/h2,4,7-8,10-13,16H,1,3,5-6,9H2/t16-/m0/s1. The lowest BCUT2D eigenvalue weighted by Gasteiger charge is -2.23. The second kappa shape index (κ2) is 5.45. The van der Waals surface area contributed by atoms with Gasteiger partial charge in [-0.15, -0.1) is 11.3 Å². The van der Waals surface area contributed by atoms with Gasteiger partial charge >= 0.3 is 0 Å². The fourth-order valence-electron chi connectivity index (χ4n) is 3.75. The number of fused-ring (bicyclic) bond motifs is 1. The predicted molar refractivity (Wildman–Crippen MR) is 94.9 cm³/mol. The summed E-state index contributed by atoms with van der Waals surface area (Å²) in [5, 5.41) is 2.10. The minimum atomic E-state index is 0.149. The van der Waals surface area contributed by atoms with Crippen LogP contribution in [0.2, 0.25) is 0 Å². The third-order valence-corrected chi connectivity index (χ3v) is 6.06. The molecule has 4 heterocycles. The molecule has 5 heteroatoms. The van der Waals surface area contributed by atoms with Crippen molar-refractivity contribution >= 4 is 22.8 Å². The number of hydrogen-bond donors (Lipinski definition) is 0. The van der Waals surface area contributed by atoms with Gasteiger partial charge in [-0.3, -0.25) is 4.79 Å². The summed E-state index contributed by atoms with van der Waals surface area (Å²) in [6.07, 6.45) is 8.26. The van der Waals surface area contributed by atoms with Crippen LogP contribution >= 0.6 is 11.3 Å². The molecule has 24 heavy (non-hydrogen) atoms. The molecule has 0 unspecified atom stereocenters. The van der Waals surface area contributed by atoms with E-state index in [0.717, 1.165) is 43.4 Å². The summed E-state index contributed by atoms with van der Waals surface area (Å²) in [4.78, 5) is 20.6. The lowest BCUT2D eigenvalue weighted by molar-refractivity contribution is -0.133. The number of hydrogen-bond acceptors (Lipinski definition) is 3. The third kappa shape index (κ3) is 2.26. The Hall–Kier alpha value is -2.14. The summed E-state index contributed by atoms with van der Waals surface area (Å²) in [5.74, 6) is 0.624. The molecule has 1 saturated carbocycles. The zero-order valence-corrected chi connectivity index (χ0v) is 14.2. The quantitative estimate of drug-likeness (QED) is 0.720. The van der Waals surface area contributed by atoms with Crippen molar-refractivity contribution in [2.24, 2.45) is 5.92 Å². The summed E-state index contributed by atoms with van der Waals surface area (Å²) >= 11 is 1.74. The van der Waals surface area contributed by atoms with Crippen molar-refractivity contribution in [3.63, 3.8) is 0 Å². The highest BCUT2D eigenvalue weighted by Crippen LogP contribution is 2.39. The third-order valence-electron chi connectivity index (χ3n) is 5.14. The zero-order valence-electron chi connectivity index (χ0n) is 13.4. The first-order valence-electron chi connectivity index (χ1n) is 8.62. The highest BCUT2D eigenvalue weighted by molar-refractivity contribution is 7.13. The molecule has 4 nitrogen and oxygen atoms in total. The zero-order chi connectivity index (χ0) is 16.1. The Morgan fingerprint density at radius 1 is 1.21 bits per heavy atom. The second-order valence-electron chi connectivity index (χ2n) is 6.78. The van der Waals surface area contributed by atoms with Crippen molar-refractivity contribution in [3.8, 4) is 10.4 Å². The van der Waals surface area contributed by atoms with Crippen LogP contribution < -0.4 is 0 Å². The lowest BCUT2D eigenvalue weighted by Crippen LogP contribution is -2.31. The molecule has 0 radical (unpaired) electrons. The van der Waals surface area contributed by atoms with Crippen molar-refractivity contribution in [2.45, 2.75) is 31.7 Å². The van der Waals surface area contributed by atoms with Gasteiger partial charge in [-0.25, -0.2) is 4.98 Å². The number of amides is 1.